The van der Waals surface area contributed by atoms with Gasteiger partial charge >= 0.3 is 6.09 Å². The molecule has 0 unspecified atom stereocenters. The predicted molar refractivity (Wildman–Crippen MR) is 97.9 cm³/mol. The van der Waals surface area contributed by atoms with Crippen molar-refractivity contribution < 1.29 is 18.4 Å². The average molecular weight is 382 g/mol. The molecule has 4 N–H and O–H groups in total. The van der Waals surface area contributed by atoms with E-state index >= 15 is 0 Å². The fourth-order valence-electron chi connectivity index (χ4n) is 4.24. The molecule has 6 nitrogen and oxygen atoms in total. The lowest BCUT2D eigenvalue weighted by Gasteiger charge is -2.54. The molecule has 1 amide bonds. The first-order valence-electron chi connectivity index (χ1n) is 9.31. The first-order valence-corrected chi connectivity index (χ1v) is 9.31. The minimum atomic E-state index is -2.62. The van der Waals surface area contributed by atoms with Gasteiger partial charge in [-0.15, -0.1) is 0 Å². The lowest BCUT2D eigenvalue weighted by Crippen LogP contribution is -2.65. The summed E-state index contributed by atoms with van der Waals surface area (Å²) in [6.45, 7) is 2.86. The van der Waals surface area contributed by atoms with Crippen molar-refractivity contribution in [1.82, 2.24) is 9.80 Å². The van der Waals surface area contributed by atoms with Crippen LogP contribution in [-0.2, 0) is 10.4 Å². The van der Waals surface area contributed by atoms with Crippen LogP contribution in [0.5, 0.6) is 0 Å². The molecule has 27 heavy (non-hydrogen) atoms. The molecule has 0 spiro atoms. The van der Waals surface area contributed by atoms with E-state index in [1.54, 1.807) is 0 Å². The highest BCUT2D eigenvalue weighted by Gasteiger charge is 2.50. The average Bonchev–Trinajstić information content (AvgIpc) is 2.60. The molecule has 0 aromatic heterocycles. The van der Waals surface area contributed by atoms with Gasteiger partial charge < -0.3 is 15.5 Å². The van der Waals surface area contributed by atoms with Crippen molar-refractivity contribution in [3.63, 3.8) is 0 Å². The number of benzene rings is 1. The fraction of sp³-hybridized carbons (Fsp3) is 0.632. The molecular formula is C19H28F2N4O2. The lowest BCUT2D eigenvalue weighted by atomic mass is 9.73. The van der Waals surface area contributed by atoms with Crippen molar-refractivity contribution in [3.8, 4) is 0 Å². The van der Waals surface area contributed by atoms with Gasteiger partial charge in [0, 0.05) is 43.6 Å². The van der Waals surface area contributed by atoms with Crippen LogP contribution in [0.1, 0.15) is 49.8 Å². The van der Waals surface area contributed by atoms with Crippen LogP contribution in [0.2, 0.25) is 0 Å². The highest BCUT2D eigenvalue weighted by atomic mass is 19.3. The number of likely N-dealkylation sites (N-methyl/N-ethyl adjacent to an activating group) is 1. The van der Waals surface area contributed by atoms with E-state index in [0.717, 1.165) is 11.1 Å². The zero-order valence-corrected chi connectivity index (χ0v) is 15.8. The van der Waals surface area contributed by atoms with Gasteiger partial charge in [-0.3, -0.25) is 4.90 Å². The third-order valence-electron chi connectivity index (χ3n) is 6.23. The number of alkyl halides is 2. The number of nitrogens with two attached hydrogens (primary N) is 2. The van der Waals surface area contributed by atoms with Crippen LogP contribution in [0.4, 0.5) is 13.6 Å². The fourth-order valence-corrected chi connectivity index (χ4v) is 4.24. The molecule has 8 heteroatoms. The van der Waals surface area contributed by atoms with Crippen LogP contribution >= 0.6 is 0 Å². The van der Waals surface area contributed by atoms with Gasteiger partial charge in [-0.1, -0.05) is 24.3 Å². The number of halogens is 2. The molecular weight excluding hydrogens is 354 g/mol. The van der Waals surface area contributed by atoms with Crippen molar-refractivity contribution in [2.24, 2.45) is 11.6 Å². The molecule has 3 rings (SSSR count). The second kappa shape index (κ2) is 7.33. The second-order valence-corrected chi connectivity index (χ2v) is 7.85. The van der Waals surface area contributed by atoms with Crippen molar-refractivity contribution in [3.05, 3.63) is 35.4 Å². The van der Waals surface area contributed by atoms with E-state index in [9.17, 15) is 13.6 Å². The standard InChI is InChI=1S/C19H28F2N4O2/c1-13(22)14-3-5-15(6-4-14)18(7-9-19(20,21)10-8-18)24(2)16-11-25(12-16)17(26)27-23/h3-6,13,16H,7-12,22-23H2,1-2H3/t13-/m0/s1. The van der Waals surface area contributed by atoms with E-state index in [1.165, 1.54) is 4.90 Å². The Hall–Kier alpha value is -1.77. The number of rotatable bonds is 4. The lowest BCUT2D eigenvalue weighted by molar-refractivity contribution is -0.101. The van der Waals surface area contributed by atoms with E-state index in [-0.39, 0.29) is 24.9 Å². The monoisotopic (exact) mass is 382 g/mol. The molecule has 2 aliphatic rings. The van der Waals surface area contributed by atoms with Crippen LogP contribution < -0.4 is 11.6 Å². The first kappa shape index (κ1) is 20.0. The molecule has 1 aromatic rings. The smallest absolute Gasteiger partial charge is 0.357 e. The number of carbonyl (C=O) groups is 1. The summed E-state index contributed by atoms with van der Waals surface area (Å²) >= 11 is 0. The summed E-state index contributed by atoms with van der Waals surface area (Å²) in [6.07, 6.45) is -0.121. The summed E-state index contributed by atoms with van der Waals surface area (Å²) < 4.78 is 27.8. The summed E-state index contributed by atoms with van der Waals surface area (Å²) in [6, 6.07) is 7.95. The highest BCUT2D eigenvalue weighted by Crippen LogP contribution is 2.48. The SMILES string of the molecule is C[C@H](N)c1ccc(C2(N(C)C3CN(C(=O)ON)C3)CCC(F)(F)CC2)cc1. The van der Waals surface area contributed by atoms with E-state index in [0.29, 0.717) is 25.9 Å². The van der Waals surface area contributed by atoms with Crippen LogP contribution in [0, 0.1) is 0 Å². The van der Waals surface area contributed by atoms with Crippen LogP contribution in [0.15, 0.2) is 24.3 Å². The summed E-state index contributed by atoms with van der Waals surface area (Å²) in [5, 5.41) is 0. The Balaban J connectivity index is 1.84. The molecule has 1 aromatic carbocycles. The van der Waals surface area contributed by atoms with Crippen molar-refractivity contribution in [2.45, 2.75) is 56.2 Å². The van der Waals surface area contributed by atoms with Crippen molar-refractivity contribution >= 4 is 6.09 Å². The third kappa shape index (κ3) is 3.79. The zero-order chi connectivity index (χ0) is 19.8. The van der Waals surface area contributed by atoms with Gasteiger partial charge in [0.1, 0.15) is 0 Å². The van der Waals surface area contributed by atoms with Gasteiger partial charge in [0.25, 0.3) is 0 Å². The Morgan fingerprint density at radius 2 is 1.78 bits per heavy atom. The molecule has 0 radical (unpaired) electrons. The summed E-state index contributed by atoms with van der Waals surface area (Å²) in [7, 11) is 1.96. The second-order valence-electron chi connectivity index (χ2n) is 7.85. The maximum absolute atomic E-state index is 13.9. The number of hydrogen-bond acceptors (Lipinski definition) is 5. The minimum Gasteiger partial charge on any atom is -0.357 e. The van der Waals surface area contributed by atoms with E-state index in [4.69, 9.17) is 11.6 Å². The van der Waals surface area contributed by atoms with Crippen LogP contribution in [0.3, 0.4) is 0 Å². The van der Waals surface area contributed by atoms with E-state index < -0.39 is 17.6 Å². The van der Waals surface area contributed by atoms with Crippen molar-refractivity contribution in [2.75, 3.05) is 20.1 Å². The van der Waals surface area contributed by atoms with Crippen LogP contribution in [0.25, 0.3) is 0 Å². The molecule has 1 heterocycles. The van der Waals surface area contributed by atoms with Gasteiger partial charge in [-0.25, -0.2) is 13.6 Å². The molecule has 1 atom stereocenters. The molecule has 1 aliphatic carbocycles. The summed E-state index contributed by atoms with van der Waals surface area (Å²) in [4.78, 5) is 19.4. The van der Waals surface area contributed by atoms with Gasteiger partial charge in [-0.2, -0.15) is 5.90 Å². The largest absolute Gasteiger partial charge is 0.428 e. The molecule has 2 fully saturated rings. The first-order chi connectivity index (χ1) is 12.7. The maximum atomic E-state index is 13.9. The Bertz CT molecular complexity index is 665. The van der Waals surface area contributed by atoms with Gasteiger partial charge in [0.05, 0.1) is 0 Å². The van der Waals surface area contributed by atoms with Gasteiger partial charge in [-0.05, 0) is 37.9 Å². The number of hydrogen-bond donors (Lipinski definition) is 2. The maximum Gasteiger partial charge on any atom is 0.428 e. The minimum absolute atomic E-state index is 0.0731. The highest BCUT2D eigenvalue weighted by molar-refractivity contribution is 5.68. The Labute approximate surface area is 158 Å². The molecule has 1 saturated carbocycles. The predicted octanol–water partition coefficient (Wildman–Crippen LogP) is 2.74. The normalized spacial score (nSPS) is 23.0. The number of amides is 1. The van der Waals surface area contributed by atoms with E-state index in [1.807, 2.05) is 38.2 Å². The molecule has 0 bridgehead atoms. The quantitative estimate of drug-likeness (QED) is 0.782. The Morgan fingerprint density at radius 1 is 1.22 bits per heavy atom. The topological polar surface area (TPSA) is 84.8 Å². The Morgan fingerprint density at radius 3 is 2.26 bits per heavy atom. The van der Waals surface area contributed by atoms with Crippen LogP contribution in [-0.4, -0.2) is 48.0 Å². The van der Waals surface area contributed by atoms with Gasteiger partial charge in [0.2, 0.25) is 5.92 Å². The molecule has 1 aliphatic heterocycles. The number of likely N-dealkylation sites (tertiary alicyclic amines) is 1. The molecule has 150 valence electrons. The number of carbonyl (C=O) groups excluding carboxylic acids is 1. The van der Waals surface area contributed by atoms with Crippen molar-refractivity contribution in [1.29, 1.82) is 0 Å². The third-order valence-corrected chi connectivity index (χ3v) is 6.23. The summed E-state index contributed by atoms with van der Waals surface area (Å²) in [5.41, 5.74) is 7.48. The Kier molecular flexibility index (Phi) is 5.42. The zero-order valence-electron chi connectivity index (χ0n) is 15.8. The van der Waals surface area contributed by atoms with Gasteiger partial charge in [0.15, 0.2) is 0 Å². The molecule has 1 saturated heterocycles. The summed E-state index contributed by atoms with van der Waals surface area (Å²) in [5.74, 6) is 2.31. The number of nitrogens with zero attached hydrogens (tertiary/aromatic N) is 2. The van der Waals surface area contributed by atoms with E-state index in [2.05, 4.69) is 9.74 Å².